The Morgan fingerprint density at radius 3 is 2.86 bits per heavy atom. The van der Waals surface area contributed by atoms with Crippen molar-refractivity contribution >= 4 is 22.6 Å². The Morgan fingerprint density at radius 1 is 1.32 bits per heavy atom. The van der Waals surface area contributed by atoms with Gasteiger partial charge in [-0.25, -0.2) is 9.97 Å². The zero-order valence-corrected chi connectivity index (χ0v) is 13.6. The van der Waals surface area contributed by atoms with Gasteiger partial charge >= 0.3 is 0 Å². The Labute approximate surface area is 134 Å². The summed E-state index contributed by atoms with van der Waals surface area (Å²) >= 11 is 6.04. The van der Waals surface area contributed by atoms with Crippen LogP contribution >= 0.6 is 11.6 Å². The Bertz CT molecular complexity index is 764. The van der Waals surface area contributed by atoms with Crippen molar-refractivity contribution in [2.24, 2.45) is 7.05 Å². The average Bonchev–Trinajstić information content (AvgIpc) is 3.07. The summed E-state index contributed by atoms with van der Waals surface area (Å²) in [5.41, 5.74) is 2.00. The summed E-state index contributed by atoms with van der Waals surface area (Å²) in [6.45, 7) is 5.00. The van der Waals surface area contributed by atoms with Gasteiger partial charge in [-0.1, -0.05) is 11.6 Å². The van der Waals surface area contributed by atoms with E-state index < -0.39 is 0 Å². The molecule has 0 saturated heterocycles. The lowest BCUT2D eigenvalue weighted by Gasteiger charge is -2.19. The van der Waals surface area contributed by atoms with Gasteiger partial charge in [-0.3, -0.25) is 4.68 Å². The van der Waals surface area contributed by atoms with Crippen molar-refractivity contribution in [1.82, 2.24) is 29.6 Å². The van der Waals surface area contributed by atoms with E-state index in [2.05, 4.69) is 33.8 Å². The number of hydrogen-bond donors (Lipinski definition) is 1. The minimum Gasteiger partial charge on any atom is -0.330 e. The van der Waals surface area contributed by atoms with Gasteiger partial charge in [0.1, 0.15) is 18.5 Å². The fourth-order valence-electron chi connectivity index (χ4n) is 2.74. The number of rotatable bonds is 5. The number of nitrogens with zero attached hydrogens (tertiary/aromatic N) is 5. The molecule has 1 N–H and O–H groups in total. The molecule has 6 nitrogen and oxygen atoms in total. The van der Waals surface area contributed by atoms with E-state index in [0.29, 0.717) is 5.02 Å². The van der Waals surface area contributed by atoms with E-state index in [-0.39, 0.29) is 12.1 Å². The molecule has 116 valence electrons. The highest BCUT2D eigenvalue weighted by molar-refractivity contribution is 6.31. The first-order chi connectivity index (χ1) is 10.5. The summed E-state index contributed by atoms with van der Waals surface area (Å²) in [4.78, 5) is 8.66. The molecule has 0 bridgehead atoms. The number of aryl methyl sites for hydroxylation is 1. The Kier molecular flexibility index (Phi) is 4.13. The molecule has 2 aromatic heterocycles. The van der Waals surface area contributed by atoms with Gasteiger partial charge in [0.25, 0.3) is 0 Å². The molecular weight excluding hydrogens is 300 g/mol. The molecule has 2 heterocycles. The number of benzene rings is 1. The van der Waals surface area contributed by atoms with Crippen LogP contribution in [-0.4, -0.2) is 30.4 Å². The van der Waals surface area contributed by atoms with Gasteiger partial charge < -0.3 is 9.88 Å². The number of fused-ring (bicyclic) bond motifs is 1. The fraction of sp³-hybridized carbons (Fsp3) is 0.400. The van der Waals surface area contributed by atoms with Crippen LogP contribution in [0.1, 0.15) is 25.7 Å². The third-order valence-electron chi connectivity index (χ3n) is 3.73. The van der Waals surface area contributed by atoms with Gasteiger partial charge in [-0.05, 0) is 32.0 Å². The quantitative estimate of drug-likeness (QED) is 0.785. The van der Waals surface area contributed by atoms with Gasteiger partial charge in [-0.2, -0.15) is 5.10 Å². The maximum Gasteiger partial charge on any atom is 0.137 e. The highest BCUT2D eigenvalue weighted by Crippen LogP contribution is 2.22. The Hall–Kier alpha value is -1.92. The first kappa shape index (κ1) is 15.0. The van der Waals surface area contributed by atoms with E-state index in [4.69, 9.17) is 16.6 Å². The third-order valence-corrected chi connectivity index (χ3v) is 3.96. The zero-order chi connectivity index (χ0) is 15.7. The van der Waals surface area contributed by atoms with E-state index in [0.717, 1.165) is 23.4 Å². The van der Waals surface area contributed by atoms with Crippen molar-refractivity contribution < 1.29 is 0 Å². The summed E-state index contributed by atoms with van der Waals surface area (Å²) in [5, 5.41) is 8.38. The number of nitrogens with one attached hydrogen (secondary N) is 1. The molecule has 3 rings (SSSR count). The van der Waals surface area contributed by atoms with Crippen LogP contribution in [0.5, 0.6) is 0 Å². The minimum atomic E-state index is 0.120. The second-order valence-electron chi connectivity index (χ2n) is 5.57. The van der Waals surface area contributed by atoms with Gasteiger partial charge in [0.05, 0.1) is 23.6 Å². The summed E-state index contributed by atoms with van der Waals surface area (Å²) in [7, 11) is 2.03. The van der Waals surface area contributed by atoms with Crippen molar-refractivity contribution in [2.75, 3.05) is 0 Å². The molecule has 0 aliphatic rings. The molecule has 0 amide bonds. The average molecular weight is 319 g/mol. The van der Waals surface area contributed by atoms with Gasteiger partial charge in [0.15, 0.2) is 0 Å². The van der Waals surface area contributed by atoms with Crippen LogP contribution in [0.15, 0.2) is 30.9 Å². The number of hydrogen-bond acceptors (Lipinski definition) is 4. The third kappa shape index (κ3) is 2.98. The normalized spacial score (nSPS) is 14.4. The van der Waals surface area contributed by atoms with Crippen LogP contribution in [0.25, 0.3) is 11.0 Å². The second kappa shape index (κ2) is 6.06. The topological polar surface area (TPSA) is 60.6 Å². The molecule has 0 aliphatic carbocycles. The Morgan fingerprint density at radius 2 is 2.14 bits per heavy atom. The van der Waals surface area contributed by atoms with E-state index >= 15 is 0 Å². The summed E-state index contributed by atoms with van der Waals surface area (Å²) < 4.78 is 3.92. The minimum absolute atomic E-state index is 0.120. The molecule has 0 radical (unpaired) electrons. The monoisotopic (exact) mass is 318 g/mol. The van der Waals surface area contributed by atoms with Crippen LogP contribution in [0, 0.1) is 0 Å². The molecule has 0 saturated carbocycles. The van der Waals surface area contributed by atoms with Gasteiger partial charge in [0, 0.05) is 18.1 Å². The van der Waals surface area contributed by atoms with E-state index in [1.165, 1.54) is 0 Å². The molecule has 2 atom stereocenters. The maximum atomic E-state index is 6.04. The largest absolute Gasteiger partial charge is 0.330 e. The summed E-state index contributed by atoms with van der Waals surface area (Å²) in [6.07, 6.45) is 3.27. The predicted octanol–water partition coefficient (Wildman–Crippen LogP) is 2.56. The van der Waals surface area contributed by atoms with Crippen LogP contribution in [0.3, 0.4) is 0 Å². The molecule has 3 aromatic rings. The van der Waals surface area contributed by atoms with Crippen LogP contribution in [0.2, 0.25) is 5.02 Å². The van der Waals surface area contributed by atoms with Crippen molar-refractivity contribution in [3.8, 4) is 0 Å². The van der Waals surface area contributed by atoms with E-state index in [9.17, 15) is 0 Å². The second-order valence-corrected chi connectivity index (χ2v) is 6.01. The summed E-state index contributed by atoms with van der Waals surface area (Å²) in [6, 6.07) is 6.15. The molecule has 2 unspecified atom stereocenters. The van der Waals surface area contributed by atoms with Crippen molar-refractivity contribution in [3.05, 3.63) is 41.7 Å². The first-order valence-electron chi connectivity index (χ1n) is 7.25. The molecule has 22 heavy (non-hydrogen) atoms. The Balaban J connectivity index is 1.77. The molecule has 0 spiro atoms. The molecule has 7 heteroatoms. The smallest absolute Gasteiger partial charge is 0.137 e. The molecule has 1 aromatic carbocycles. The van der Waals surface area contributed by atoms with Crippen molar-refractivity contribution in [1.29, 1.82) is 0 Å². The van der Waals surface area contributed by atoms with Crippen molar-refractivity contribution in [2.45, 2.75) is 32.5 Å². The summed E-state index contributed by atoms with van der Waals surface area (Å²) in [5.74, 6) is 0.989. The lowest BCUT2D eigenvalue weighted by molar-refractivity contribution is 0.400. The molecular formula is C15H19ClN6. The van der Waals surface area contributed by atoms with Crippen LogP contribution in [0.4, 0.5) is 0 Å². The van der Waals surface area contributed by atoms with E-state index in [1.54, 1.807) is 12.7 Å². The molecule has 0 fully saturated rings. The first-order valence-corrected chi connectivity index (χ1v) is 7.62. The van der Waals surface area contributed by atoms with Gasteiger partial charge in [0.2, 0.25) is 0 Å². The van der Waals surface area contributed by atoms with E-state index in [1.807, 2.05) is 29.9 Å². The lowest BCUT2D eigenvalue weighted by Crippen LogP contribution is -2.33. The lowest BCUT2D eigenvalue weighted by atomic mass is 10.2. The highest BCUT2D eigenvalue weighted by atomic mass is 35.5. The zero-order valence-electron chi connectivity index (χ0n) is 12.9. The van der Waals surface area contributed by atoms with Gasteiger partial charge in [-0.15, -0.1) is 0 Å². The SMILES string of the molecule is CC(Cn1cncn1)NC(C)c1nc2cc(Cl)ccc2n1C. The standard InChI is InChI=1S/C15H19ClN6/c1-10(7-22-9-17-8-18-22)19-11(2)15-20-13-6-12(16)4-5-14(13)21(15)3/h4-6,8-11,19H,7H2,1-3H3. The van der Waals surface area contributed by atoms with Crippen LogP contribution < -0.4 is 5.32 Å². The molecule has 0 aliphatic heterocycles. The number of aromatic nitrogens is 5. The fourth-order valence-corrected chi connectivity index (χ4v) is 2.91. The highest BCUT2D eigenvalue weighted by Gasteiger charge is 2.16. The predicted molar refractivity (Wildman–Crippen MR) is 86.8 cm³/mol. The van der Waals surface area contributed by atoms with Crippen molar-refractivity contribution in [3.63, 3.8) is 0 Å². The van der Waals surface area contributed by atoms with Crippen LogP contribution in [-0.2, 0) is 13.6 Å². The number of imidazole rings is 1. The number of halogens is 1. The maximum absolute atomic E-state index is 6.04.